The normalized spacial score (nSPS) is 10.8. The first-order chi connectivity index (χ1) is 9.63. The lowest BCUT2D eigenvalue weighted by Crippen LogP contribution is -1.96. The van der Waals surface area contributed by atoms with E-state index in [1.54, 1.807) is 6.07 Å². The first-order valence-corrected chi connectivity index (χ1v) is 6.45. The number of aromatic nitrogens is 2. The Morgan fingerprint density at radius 3 is 2.75 bits per heavy atom. The Balaban J connectivity index is 2.05. The monoisotopic (exact) mass is 287 g/mol. The highest BCUT2D eigenvalue weighted by Gasteiger charge is 2.06. The number of anilines is 2. The molecule has 20 heavy (non-hydrogen) atoms. The smallest absolute Gasteiger partial charge is 0.141 e. The molecule has 3 nitrogen and oxygen atoms in total. The second kappa shape index (κ2) is 5.06. The summed E-state index contributed by atoms with van der Waals surface area (Å²) in [4.78, 5) is 8.28. The van der Waals surface area contributed by atoms with Crippen LogP contribution in [0.5, 0.6) is 0 Å². The van der Waals surface area contributed by atoms with Crippen molar-refractivity contribution in [1.29, 1.82) is 0 Å². The second-order valence-corrected chi connectivity index (χ2v) is 4.88. The van der Waals surface area contributed by atoms with Gasteiger partial charge in [-0.2, -0.15) is 0 Å². The first kappa shape index (κ1) is 12.8. The van der Waals surface area contributed by atoms with E-state index < -0.39 is 0 Å². The SMILES string of the molecule is Cc1ccc(Nc2ncnc3ccc(F)cc23)cc1Cl. The van der Waals surface area contributed by atoms with E-state index in [1.807, 2.05) is 25.1 Å². The molecule has 0 atom stereocenters. The molecule has 0 spiro atoms. The van der Waals surface area contributed by atoms with Gasteiger partial charge >= 0.3 is 0 Å². The van der Waals surface area contributed by atoms with Crippen molar-refractivity contribution < 1.29 is 4.39 Å². The van der Waals surface area contributed by atoms with Crippen LogP contribution in [0.3, 0.4) is 0 Å². The highest BCUT2D eigenvalue weighted by atomic mass is 35.5. The van der Waals surface area contributed by atoms with Gasteiger partial charge in [0.25, 0.3) is 0 Å². The van der Waals surface area contributed by atoms with E-state index in [0.717, 1.165) is 11.3 Å². The number of rotatable bonds is 2. The van der Waals surface area contributed by atoms with E-state index in [9.17, 15) is 4.39 Å². The van der Waals surface area contributed by atoms with Gasteiger partial charge in [-0.1, -0.05) is 17.7 Å². The summed E-state index contributed by atoms with van der Waals surface area (Å²) in [6.45, 7) is 1.93. The van der Waals surface area contributed by atoms with Crippen molar-refractivity contribution in [2.24, 2.45) is 0 Å². The van der Waals surface area contributed by atoms with E-state index in [0.29, 0.717) is 21.7 Å². The van der Waals surface area contributed by atoms with Crippen LogP contribution >= 0.6 is 11.6 Å². The number of nitrogens with zero attached hydrogens (tertiary/aromatic N) is 2. The van der Waals surface area contributed by atoms with Crippen molar-refractivity contribution >= 4 is 34.0 Å². The summed E-state index contributed by atoms with van der Waals surface area (Å²) in [6, 6.07) is 10.0. The second-order valence-electron chi connectivity index (χ2n) is 4.47. The molecular weight excluding hydrogens is 277 g/mol. The van der Waals surface area contributed by atoms with Crippen molar-refractivity contribution in [2.75, 3.05) is 5.32 Å². The number of benzene rings is 2. The number of fused-ring (bicyclic) bond motifs is 1. The molecule has 0 aliphatic rings. The fourth-order valence-electron chi connectivity index (χ4n) is 1.94. The van der Waals surface area contributed by atoms with Crippen LogP contribution in [0.25, 0.3) is 10.9 Å². The lowest BCUT2D eigenvalue weighted by Gasteiger charge is -2.09. The lowest BCUT2D eigenvalue weighted by molar-refractivity contribution is 0.629. The van der Waals surface area contributed by atoms with Crippen LogP contribution in [0.1, 0.15) is 5.56 Å². The molecule has 0 unspecified atom stereocenters. The number of halogens is 2. The van der Waals surface area contributed by atoms with E-state index >= 15 is 0 Å². The van der Waals surface area contributed by atoms with Crippen LogP contribution in [0.4, 0.5) is 15.9 Å². The van der Waals surface area contributed by atoms with Crippen molar-refractivity contribution in [2.45, 2.75) is 6.92 Å². The summed E-state index contributed by atoms with van der Waals surface area (Å²) < 4.78 is 13.4. The third kappa shape index (κ3) is 2.42. The molecule has 0 saturated carbocycles. The topological polar surface area (TPSA) is 37.8 Å². The summed E-state index contributed by atoms with van der Waals surface area (Å²) in [6.07, 6.45) is 1.44. The average molecular weight is 288 g/mol. The maximum atomic E-state index is 13.4. The fraction of sp³-hybridized carbons (Fsp3) is 0.0667. The molecule has 0 bridgehead atoms. The minimum Gasteiger partial charge on any atom is -0.340 e. The lowest BCUT2D eigenvalue weighted by atomic mass is 10.2. The Kier molecular flexibility index (Phi) is 3.24. The van der Waals surface area contributed by atoms with Gasteiger partial charge in [0.1, 0.15) is 18.0 Å². The molecule has 0 radical (unpaired) electrons. The third-order valence-corrected chi connectivity index (χ3v) is 3.44. The Bertz CT molecular complexity index is 789. The third-order valence-electron chi connectivity index (χ3n) is 3.03. The molecule has 5 heteroatoms. The largest absolute Gasteiger partial charge is 0.340 e. The van der Waals surface area contributed by atoms with Gasteiger partial charge in [-0.05, 0) is 42.8 Å². The summed E-state index contributed by atoms with van der Waals surface area (Å²) in [5.41, 5.74) is 2.47. The van der Waals surface area contributed by atoms with Crippen molar-refractivity contribution in [3.63, 3.8) is 0 Å². The maximum absolute atomic E-state index is 13.4. The number of nitrogens with one attached hydrogen (secondary N) is 1. The molecule has 3 aromatic rings. The van der Waals surface area contributed by atoms with Crippen LogP contribution in [-0.2, 0) is 0 Å². The zero-order valence-electron chi connectivity index (χ0n) is 10.7. The predicted molar refractivity (Wildman–Crippen MR) is 79.0 cm³/mol. The van der Waals surface area contributed by atoms with Crippen LogP contribution in [0, 0.1) is 12.7 Å². The van der Waals surface area contributed by atoms with Gasteiger partial charge in [0.05, 0.1) is 5.52 Å². The Morgan fingerprint density at radius 1 is 1.10 bits per heavy atom. The zero-order valence-corrected chi connectivity index (χ0v) is 11.4. The average Bonchev–Trinajstić information content (AvgIpc) is 2.44. The fourth-order valence-corrected chi connectivity index (χ4v) is 2.12. The Labute approximate surface area is 120 Å². The van der Waals surface area contributed by atoms with Gasteiger partial charge in [0.15, 0.2) is 0 Å². The van der Waals surface area contributed by atoms with Gasteiger partial charge in [0, 0.05) is 16.1 Å². The van der Waals surface area contributed by atoms with Gasteiger partial charge in [-0.25, -0.2) is 14.4 Å². The molecule has 0 amide bonds. The van der Waals surface area contributed by atoms with E-state index in [2.05, 4.69) is 15.3 Å². The highest BCUT2D eigenvalue weighted by molar-refractivity contribution is 6.31. The van der Waals surface area contributed by atoms with Crippen molar-refractivity contribution in [3.8, 4) is 0 Å². The van der Waals surface area contributed by atoms with Crippen LogP contribution < -0.4 is 5.32 Å². The van der Waals surface area contributed by atoms with Crippen LogP contribution in [-0.4, -0.2) is 9.97 Å². The standard InChI is InChI=1S/C15H11ClFN3/c1-9-2-4-11(7-13(9)16)20-15-12-6-10(17)3-5-14(12)18-8-19-15/h2-8H,1H3,(H,18,19,20). The van der Waals surface area contributed by atoms with Gasteiger partial charge in [0.2, 0.25) is 0 Å². The van der Waals surface area contributed by atoms with E-state index in [-0.39, 0.29) is 5.82 Å². The van der Waals surface area contributed by atoms with Crippen LogP contribution in [0.2, 0.25) is 5.02 Å². The van der Waals surface area contributed by atoms with Crippen molar-refractivity contribution in [1.82, 2.24) is 9.97 Å². The molecule has 100 valence electrons. The van der Waals surface area contributed by atoms with Crippen LogP contribution in [0.15, 0.2) is 42.7 Å². The molecule has 1 N–H and O–H groups in total. The molecule has 0 saturated heterocycles. The molecule has 0 fully saturated rings. The molecule has 1 aromatic heterocycles. The summed E-state index contributed by atoms with van der Waals surface area (Å²) in [7, 11) is 0. The van der Waals surface area contributed by atoms with Gasteiger partial charge in [-0.3, -0.25) is 0 Å². The zero-order chi connectivity index (χ0) is 14.1. The summed E-state index contributed by atoms with van der Waals surface area (Å²) >= 11 is 6.09. The Hall–Kier alpha value is -2.20. The predicted octanol–water partition coefficient (Wildman–Crippen LogP) is 4.47. The molecule has 0 aliphatic carbocycles. The number of hydrogen-bond acceptors (Lipinski definition) is 3. The maximum Gasteiger partial charge on any atom is 0.141 e. The quantitative estimate of drug-likeness (QED) is 0.755. The van der Waals surface area contributed by atoms with E-state index in [1.165, 1.54) is 18.5 Å². The number of aryl methyl sites for hydroxylation is 1. The molecule has 1 heterocycles. The number of hydrogen-bond donors (Lipinski definition) is 1. The molecular formula is C15H11ClFN3. The molecule has 3 rings (SSSR count). The molecule has 2 aromatic carbocycles. The Morgan fingerprint density at radius 2 is 1.95 bits per heavy atom. The summed E-state index contributed by atoms with van der Waals surface area (Å²) in [5, 5.41) is 4.44. The van der Waals surface area contributed by atoms with E-state index in [4.69, 9.17) is 11.6 Å². The van der Waals surface area contributed by atoms with Crippen molar-refractivity contribution in [3.05, 3.63) is 59.1 Å². The highest BCUT2D eigenvalue weighted by Crippen LogP contribution is 2.26. The minimum absolute atomic E-state index is 0.322. The molecule has 0 aliphatic heterocycles. The summed E-state index contributed by atoms with van der Waals surface area (Å²) in [5.74, 6) is 0.228. The first-order valence-electron chi connectivity index (χ1n) is 6.07. The van der Waals surface area contributed by atoms with Gasteiger partial charge < -0.3 is 5.32 Å². The van der Waals surface area contributed by atoms with Gasteiger partial charge in [-0.15, -0.1) is 0 Å². The minimum atomic E-state index is -0.322.